The monoisotopic (exact) mass is 670 g/mol. The number of amides is 3. The average molecular weight is 672 g/mol. The highest BCUT2D eigenvalue weighted by Gasteiger charge is 2.31. The highest BCUT2D eigenvalue weighted by molar-refractivity contribution is 6.42. The molecule has 238 valence electrons. The third kappa shape index (κ3) is 7.63. The van der Waals surface area contributed by atoms with Crippen LogP contribution in [0, 0.1) is 0 Å². The number of hydrazine groups is 1. The summed E-state index contributed by atoms with van der Waals surface area (Å²) in [5.74, 6) is -0.882. The lowest BCUT2D eigenvalue weighted by molar-refractivity contribution is -0.123. The molecule has 2 N–H and O–H groups in total. The largest absolute Gasteiger partial charge is 0.483 e. The molecular weight excluding hydrogens is 635 g/mol. The molecule has 0 saturated heterocycles. The van der Waals surface area contributed by atoms with Crippen LogP contribution in [0.25, 0.3) is 0 Å². The van der Waals surface area contributed by atoms with E-state index < -0.39 is 11.8 Å². The van der Waals surface area contributed by atoms with Crippen molar-refractivity contribution < 1.29 is 19.1 Å². The maximum absolute atomic E-state index is 13.2. The zero-order valence-electron chi connectivity index (χ0n) is 26.2. The lowest BCUT2D eigenvalue weighted by Crippen LogP contribution is -2.44. The minimum atomic E-state index is -0.589. The van der Waals surface area contributed by atoms with Crippen molar-refractivity contribution in [1.82, 2.24) is 10.9 Å². The third-order valence-electron chi connectivity index (χ3n) is 8.38. The summed E-state index contributed by atoms with van der Waals surface area (Å²) in [4.78, 5) is 38.9. The summed E-state index contributed by atoms with van der Waals surface area (Å²) in [5.41, 5.74) is 8.09. The van der Waals surface area contributed by atoms with Crippen molar-refractivity contribution in [1.29, 1.82) is 0 Å². The number of benzene rings is 3. The van der Waals surface area contributed by atoms with E-state index in [1.807, 2.05) is 12.1 Å². The Morgan fingerprint density at radius 3 is 2.20 bits per heavy atom. The second kappa shape index (κ2) is 13.8. The Hall–Kier alpha value is -3.59. The van der Waals surface area contributed by atoms with Gasteiger partial charge in [-0.05, 0) is 53.5 Å². The number of anilines is 1. The van der Waals surface area contributed by atoms with Gasteiger partial charge in [-0.3, -0.25) is 25.2 Å². The zero-order chi connectivity index (χ0) is 33.1. The van der Waals surface area contributed by atoms with Crippen molar-refractivity contribution in [3.05, 3.63) is 91.9 Å². The van der Waals surface area contributed by atoms with Gasteiger partial charge < -0.3 is 4.74 Å². The van der Waals surface area contributed by atoms with Crippen LogP contribution in [0.1, 0.15) is 87.9 Å². The SMILES string of the molecule is CCC(C)(C)c1ccc(OCC(=O)NNC(=O)c2ccccc2C2=NN(c3c(Cl)cc(Cl)cc3Cl)C(=O)C2)c(C(C)(C)CC)c1. The predicted molar refractivity (Wildman–Crippen MR) is 181 cm³/mol. The van der Waals surface area contributed by atoms with Crippen molar-refractivity contribution in [3.8, 4) is 5.75 Å². The molecule has 0 aliphatic carbocycles. The van der Waals surface area contributed by atoms with Crippen LogP contribution in [-0.4, -0.2) is 30.0 Å². The molecule has 1 aliphatic heterocycles. The van der Waals surface area contributed by atoms with Crippen LogP contribution in [0.15, 0.2) is 59.7 Å². The number of carbonyl (C=O) groups is 3. The van der Waals surface area contributed by atoms with E-state index in [2.05, 4.69) is 63.6 Å². The molecule has 4 rings (SSSR count). The lowest BCUT2D eigenvalue weighted by atomic mass is 9.76. The van der Waals surface area contributed by atoms with Crippen LogP contribution in [0.4, 0.5) is 5.69 Å². The molecule has 0 radical (unpaired) electrons. The van der Waals surface area contributed by atoms with Crippen molar-refractivity contribution in [3.63, 3.8) is 0 Å². The van der Waals surface area contributed by atoms with Crippen molar-refractivity contribution >= 4 is 63.9 Å². The van der Waals surface area contributed by atoms with Crippen LogP contribution in [0.3, 0.4) is 0 Å². The van der Waals surface area contributed by atoms with E-state index in [0.29, 0.717) is 22.0 Å². The molecule has 11 heteroatoms. The molecule has 3 aromatic rings. The van der Waals surface area contributed by atoms with E-state index in [9.17, 15) is 14.4 Å². The average Bonchev–Trinajstić information content (AvgIpc) is 3.38. The van der Waals surface area contributed by atoms with Gasteiger partial charge in [-0.25, -0.2) is 0 Å². The third-order valence-corrected chi connectivity index (χ3v) is 9.18. The Morgan fingerprint density at radius 2 is 1.56 bits per heavy atom. The summed E-state index contributed by atoms with van der Waals surface area (Å²) in [6.45, 7) is 12.7. The minimum absolute atomic E-state index is 0.000626. The van der Waals surface area contributed by atoms with E-state index >= 15 is 0 Å². The summed E-state index contributed by atoms with van der Waals surface area (Å²) in [6.07, 6.45) is 1.78. The van der Waals surface area contributed by atoms with Gasteiger partial charge in [0.15, 0.2) is 6.61 Å². The summed E-state index contributed by atoms with van der Waals surface area (Å²) in [6, 6.07) is 15.7. The van der Waals surface area contributed by atoms with Gasteiger partial charge in [-0.15, -0.1) is 0 Å². The molecule has 0 atom stereocenters. The first kappa shape index (κ1) is 34.3. The van der Waals surface area contributed by atoms with Gasteiger partial charge in [0.1, 0.15) is 11.4 Å². The lowest BCUT2D eigenvalue weighted by Gasteiger charge is -2.30. The number of hydrogen-bond acceptors (Lipinski definition) is 5. The van der Waals surface area contributed by atoms with Crippen LogP contribution in [-0.2, 0) is 20.4 Å². The van der Waals surface area contributed by atoms with E-state index in [0.717, 1.165) is 23.4 Å². The van der Waals surface area contributed by atoms with Gasteiger partial charge in [0.05, 0.1) is 27.7 Å². The number of nitrogens with zero attached hydrogens (tertiary/aromatic N) is 2. The summed E-state index contributed by atoms with van der Waals surface area (Å²) >= 11 is 18.6. The van der Waals surface area contributed by atoms with Crippen LogP contribution in [0.2, 0.25) is 15.1 Å². The maximum atomic E-state index is 13.2. The van der Waals surface area contributed by atoms with Crippen molar-refractivity contribution in [2.24, 2.45) is 5.10 Å². The quantitative estimate of drug-likeness (QED) is 0.213. The standard InChI is InChI=1S/C34H37Cl3N4O4/c1-7-33(3,4)20-13-14-28(24(15-20)34(5,6)8-2)45-19-29(42)38-39-32(44)23-12-10-9-11-22(23)27-18-30(43)41(40-27)31-25(36)16-21(35)17-26(31)37/h9-17H,7-8,18-19H2,1-6H3,(H,38,42)(H,39,44). The molecule has 0 saturated carbocycles. The first-order chi connectivity index (χ1) is 21.2. The first-order valence-corrected chi connectivity index (χ1v) is 15.8. The highest BCUT2D eigenvalue weighted by Crippen LogP contribution is 2.40. The number of nitrogens with one attached hydrogen (secondary N) is 2. The van der Waals surface area contributed by atoms with Crippen LogP contribution >= 0.6 is 34.8 Å². The second-order valence-corrected chi connectivity index (χ2v) is 13.4. The van der Waals surface area contributed by atoms with Gasteiger partial charge >= 0.3 is 0 Å². The number of ether oxygens (including phenoxy) is 1. The van der Waals surface area contributed by atoms with Gasteiger partial charge in [0.25, 0.3) is 17.7 Å². The number of carbonyl (C=O) groups excluding carboxylic acids is 3. The Morgan fingerprint density at radius 1 is 0.911 bits per heavy atom. The molecule has 3 aromatic carbocycles. The molecule has 0 unspecified atom stereocenters. The normalized spacial score (nSPS) is 13.5. The van der Waals surface area contributed by atoms with E-state index in [1.165, 1.54) is 17.7 Å². The number of rotatable bonds is 10. The Bertz CT molecular complexity index is 1650. The molecule has 0 spiro atoms. The fraction of sp³-hybridized carbons (Fsp3) is 0.353. The molecule has 1 aliphatic rings. The number of hydrazone groups is 1. The summed E-state index contributed by atoms with van der Waals surface area (Å²) < 4.78 is 5.97. The predicted octanol–water partition coefficient (Wildman–Crippen LogP) is 8.00. The Balaban J connectivity index is 1.46. The molecule has 0 fully saturated rings. The first-order valence-electron chi connectivity index (χ1n) is 14.7. The molecular formula is C34H37Cl3N4O4. The molecule has 8 nitrogen and oxygen atoms in total. The number of hydrogen-bond donors (Lipinski definition) is 2. The zero-order valence-corrected chi connectivity index (χ0v) is 28.5. The minimum Gasteiger partial charge on any atom is -0.483 e. The van der Waals surface area contributed by atoms with Crippen LogP contribution < -0.4 is 20.6 Å². The van der Waals surface area contributed by atoms with Crippen molar-refractivity contribution in [2.45, 2.75) is 71.6 Å². The fourth-order valence-electron chi connectivity index (χ4n) is 4.80. The van der Waals surface area contributed by atoms with Gasteiger partial charge in [-0.2, -0.15) is 10.1 Å². The summed E-state index contributed by atoms with van der Waals surface area (Å²) in [7, 11) is 0. The molecule has 0 bridgehead atoms. The van der Waals surface area contributed by atoms with E-state index in [4.69, 9.17) is 39.5 Å². The number of halogens is 3. The fourth-order valence-corrected chi connectivity index (χ4v) is 5.77. The molecule has 3 amide bonds. The molecule has 45 heavy (non-hydrogen) atoms. The Labute approximate surface area is 279 Å². The van der Waals surface area contributed by atoms with E-state index in [1.54, 1.807) is 24.3 Å². The van der Waals surface area contributed by atoms with Crippen LogP contribution in [0.5, 0.6) is 5.75 Å². The Kier molecular flexibility index (Phi) is 10.5. The van der Waals surface area contributed by atoms with Gasteiger partial charge in [0, 0.05) is 16.1 Å². The van der Waals surface area contributed by atoms with E-state index in [-0.39, 0.29) is 51.1 Å². The van der Waals surface area contributed by atoms with Gasteiger partial charge in [-0.1, -0.05) is 107 Å². The maximum Gasteiger partial charge on any atom is 0.276 e. The molecule has 0 aromatic heterocycles. The van der Waals surface area contributed by atoms with Gasteiger partial charge in [0.2, 0.25) is 0 Å². The highest BCUT2D eigenvalue weighted by atomic mass is 35.5. The summed E-state index contributed by atoms with van der Waals surface area (Å²) in [5, 5.41) is 6.17. The smallest absolute Gasteiger partial charge is 0.276 e. The topological polar surface area (TPSA) is 100 Å². The second-order valence-electron chi connectivity index (χ2n) is 12.2. The van der Waals surface area contributed by atoms with Crippen molar-refractivity contribution in [2.75, 3.05) is 11.6 Å². The molecule has 1 heterocycles.